The summed E-state index contributed by atoms with van der Waals surface area (Å²) in [6.07, 6.45) is -7.68. The van der Waals surface area contributed by atoms with E-state index in [0.29, 0.717) is 11.3 Å². The molecule has 0 fully saturated rings. The molecule has 1 heterocycles. The molecule has 1 aromatic carbocycles. The van der Waals surface area contributed by atoms with Gasteiger partial charge >= 0.3 is 6.18 Å². The summed E-state index contributed by atoms with van der Waals surface area (Å²) in [5, 5.41) is 18.5. The van der Waals surface area contributed by atoms with Crippen LogP contribution in [-0.4, -0.2) is 15.6 Å². The lowest BCUT2D eigenvalue weighted by atomic mass is 9.89. The normalized spacial score (nSPS) is 19.6. The minimum atomic E-state index is -4.86. The maximum atomic E-state index is 13.7. The van der Waals surface area contributed by atoms with Crippen molar-refractivity contribution in [1.29, 1.82) is 5.26 Å². The van der Waals surface area contributed by atoms with Gasteiger partial charge in [-0.05, 0) is 30.7 Å². The number of hydrogen-bond acceptors (Lipinski definition) is 2. The number of halogens is 5. The van der Waals surface area contributed by atoms with Crippen molar-refractivity contribution < 1.29 is 27.1 Å². The van der Waals surface area contributed by atoms with Gasteiger partial charge in [-0.25, -0.2) is 8.78 Å². The number of nitrogens with zero attached hydrogens (tertiary/aromatic N) is 2. The molecule has 1 unspecified atom stereocenters. The molecule has 1 aliphatic rings. The van der Waals surface area contributed by atoms with Crippen molar-refractivity contribution in [3.8, 4) is 11.8 Å². The van der Waals surface area contributed by atoms with Crippen LogP contribution in [0.5, 0.6) is 0 Å². The Balaban J connectivity index is 2.21. The molecule has 0 radical (unpaired) electrons. The van der Waals surface area contributed by atoms with E-state index < -0.39 is 35.8 Å². The third-order valence-electron chi connectivity index (χ3n) is 4.10. The molecule has 0 saturated heterocycles. The number of fused-ring (bicyclic) bond motifs is 1. The summed E-state index contributed by atoms with van der Waals surface area (Å²) in [5.74, 6) is -3.61. The van der Waals surface area contributed by atoms with Crippen LogP contribution in [0.1, 0.15) is 34.9 Å². The largest absolute Gasteiger partial charge is 0.418 e. The quantitative estimate of drug-likeness (QED) is 0.797. The molecule has 2 aromatic rings. The van der Waals surface area contributed by atoms with Gasteiger partial charge in [0.2, 0.25) is 0 Å². The van der Waals surface area contributed by atoms with Crippen molar-refractivity contribution in [2.45, 2.75) is 31.0 Å². The molecule has 1 aliphatic carbocycles. The molecule has 1 atom stereocenters. The molecule has 1 N–H and O–H groups in total. The van der Waals surface area contributed by atoms with Gasteiger partial charge in [-0.2, -0.15) is 18.4 Å². The van der Waals surface area contributed by atoms with Crippen LogP contribution in [0.3, 0.4) is 0 Å². The van der Waals surface area contributed by atoms with Gasteiger partial charge in [0.05, 0.1) is 17.2 Å². The van der Waals surface area contributed by atoms with E-state index >= 15 is 0 Å². The predicted molar refractivity (Wildman–Crippen MR) is 73.7 cm³/mol. The second kappa shape index (κ2) is 5.31. The number of benzene rings is 1. The smallest absolute Gasteiger partial charge is 0.382 e. The van der Waals surface area contributed by atoms with Crippen LogP contribution in [0.2, 0.25) is 0 Å². The Kier molecular flexibility index (Phi) is 3.64. The zero-order valence-corrected chi connectivity index (χ0v) is 12.1. The first kappa shape index (κ1) is 16.5. The molecule has 0 spiro atoms. The summed E-state index contributed by atoms with van der Waals surface area (Å²) >= 11 is 0. The van der Waals surface area contributed by atoms with Crippen molar-refractivity contribution >= 4 is 0 Å². The second-order valence-corrected chi connectivity index (χ2v) is 5.59. The Morgan fingerprint density at radius 2 is 1.83 bits per heavy atom. The van der Waals surface area contributed by atoms with Gasteiger partial charge in [0.1, 0.15) is 6.10 Å². The van der Waals surface area contributed by atoms with Crippen molar-refractivity contribution in [1.82, 2.24) is 4.57 Å². The van der Waals surface area contributed by atoms with Crippen molar-refractivity contribution in [3.05, 3.63) is 52.8 Å². The Morgan fingerprint density at radius 1 is 1.21 bits per heavy atom. The van der Waals surface area contributed by atoms with Crippen LogP contribution < -0.4 is 0 Å². The first-order chi connectivity index (χ1) is 11.1. The summed E-state index contributed by atoms with van der Waals surface area (Å²) < 4.78 is 68.2. The number of hydrogen-bond donors (Lipinski definition) is 1. The maximum absolute atomic E-state index is 13.7. The van der Waals surface area contributed by atoms with Crippen LogP contribution in [0.4, 0.5) is 22.0 Å². The average Bonchev–Trinajstić information content (AvgIpc) is 2.91. The van der Waals surface area contributed by atoms with Crippen LogP contribution in [0, 0.1) is 11.3 Å². The summed E-state index contributed by atoms with van der Waals surface area (Å²) in [6, 6.07) is 7.58. The summed E-state index contributed by atoms with van der Waals surface area (Å²) in [5.41, 5.74) is -1.41. The Morgan fingerprint density at radius 3 is 2.38 bits per heavy atom. The zero-order chi connectivity index (χ0) is 17.7. The van der Waals surface area contributed by atoms with E-state index in [1.54, 1.807) is 0 Å². The monoisotopic (exact) mass is 342 g/mol. The molecule has 0 aliphatic heterocycles. The fraction of sp³-hybridized carbons (Fsp3) is 0.312. The fourth-order valence-electron chi connectivity index (χ4n) is 2.91. The molecule has 126 valence electrons. The summed E-state index contributed by atoms with van der Waals surface area (Å²) in [4.78, 5) is 0. The minimum absolute atomic E-state index is 0.00505. The van der Waals surface area contributed by atoms with Gasteiger partial charge in [-0.15, -0.1) is 0 Å². The van der Waals surface area contributed by atoms with Crippen LogP contribution in [-0.2, 0) is 12.6 Å². The third-order valence-corrected chi connectivity index (χ3v) is 4.10. The molecule has 0 amide bonds. The molecule has 8 heteroatoms. The lowest BCUT2D eigenvalue weighted by Gasteiger charge is -2.29. The highest BCUT2D eigenvalue weighted by molar-refractivity contribution is 5.48. The zero-order valence-electron chi connectivity index (χ0n) is 12.1. The molecular weight excluding hydrogens is 331 g/mol. The minimum Gasteiger partial charge on any atom is -0.382 e. The first-order valence-corrected chi connectivity index (χ1v) is 7.03. The Labute approximate surface area is 133 Å². The van der Waals surface area contributed by atoms with Gasteiger partial charge in [-0.1, -0.05) is 0 Å². The summed E-state index contributed by atoms with van der Waals surface area (Å²) in [6.45, 7) is 0. The van der Waals surface area contributed by atoms with E-state index in [-0.39, 0.29) is 12.1 Å². The van der Waals surface area contributed by atoms with Gasteiger partial charge in [0, 0.05) is 29.6 Å². The van der Waals surface area contributed by atoms with Gasteiger partial charge in [0.25, 0.3) is 5.92 Å². The highest BCUT2D eigenvalue weighted by Crippen LogP contribution is 2.48. The van der Waals surface area contributed by atoms with Gasteiger partial charge < -0.3 is 9.67 Å². The topological polar surface area (TPSA) is 49.0 Å². The predicted octanol–water partition coefficient (Wildman–Crippen LogP) is 3.98. The number of aliphatic hydroxyl groups excluding tert-OH is 1. The number of aliphatic hydroxyl groups is 1. The van der Waals surface area contributed by atoms with Crippen molar-refractivity contribution in [2.24, 2.45) is 0 Å². The molecule has 0 saturated carbocycles. The SMILES string of the molecule is N#Cc1ccc(-n2cc(C(F)(F)F)c3c2CCC(F)(F)C3O)cc1. The second-order valence-electron chi connectivity index (χ2n) is 5.59. The molecule has 24 heavy (non-hydrogen) atoms. The summed E-state index contributed by atoms with van der Waals surface area (Å²) in [7, 11) is 0. The van der Waals surface area contributed by atoms with E-state index in [4.69, 9.17) is 5.26 Å². The molecular formula is C16H11F5N2O. The van der Waals surface area contributed by atoms with Gasteiger partial charge in [-0.3, -0.25) is 0 Å². The van der Waals surface area contributed by atoms with E-state index in [9.17, 15) is 27.1 Å². The number of nitriles is 1. The molecule has 0 bridgehead atoms. The van der Waals surface area contributed by atoms with Crippen LogP contribution in [0.15, 0.2) is 30.5 Å². The molecule has 1 aromatic heterocycles. The van der Waals surface area contributed by atoms with Crippen LogP contribution >= 0.6 is 0 Å². The first-order valence-electron chi connectivity index (χ1n) is 7.03. The lowest BCUT2D eigenvalue weighted by molar-refractivity contribution is -0.147. The third kappa shape index (κ3) is 2.55. The van der Waals surface area contributed by atoms with Gasteiger partial charge in [0.15, 0.2) is 0 Å². The standard InChI is InChI=1S/C16H11F5N2O/c17-15(18)6-5-12-13(14(15)24)11(16(19,20)21)8-23(12)10-3-1-9(7-22)2-4-10/h1-4,8,14,24H,5-6H2. The molecule has 3 nitrogen and oxygen atoms in total. The average molecular weight is 342 g/mol. The highest BCUT2D eigenvalue weighted by Gasteiger charge is 2.50. The highest BCUT2D eigenvalue weighted by atomic mass is 19.4. The lowest BCUT2D eigenvalue weighted by Crippen LogP contribution is -2.33. The number of rotatable bonds is 1. The Bertz CT molecular complexity index is 815. The maximum Gasteiger partial charge on any atom is 0.418 e. The molecule has 3 rings (SSSR count). The number of alkyl halides is 5. The van der Waals surface area contributed by atoms with E-state index in [0.717, 1.165) is 10.8 Å². The van der Waals surface area contributed by atoms with Crippen molar-refractivity contribution in [2.75, 3.05) is 0 Å². The Hall–Kier alpha value is -2.40. The van der Waals surface area contributed by atoms with Crippen LogP contribution in [0.25, 0.3) is 5.69 Å². The fourth-order valence-corrected chi connectivity index (χ4v) is 2.91. The van der Waals surface area contributed by atoms with E-state index in [2.05, 4.69) is 0 Å². The van der Waals surface area contributed by atoms with E-state index in [1.165, 1.54) is 24.3 Å². The van der Waals surface area contributed by atoms with Crippen molar-refractivity contribution in [3.63, 3.8) is 0 Å². The number of aromatic nitrogens is 1. The van der Waals surface area contributed by atoms with E-state index in [1.807, 2.05) is 6.07 Å².